The van der Waals surface area contributed by atoms with Crippen LogP contribution in [0.1, 0.15) is 154 Å². The summed E-state index contributed by atoms with van der Waals surface area (Å²) in [5.74, 6) is 1.14. The lowest BCUT2D eigenvalue weighted by molar-refractivity contribution is 0.286. The van der Waals surface area contributed by atoms with Crippen molar-refractivity contribution in [1.82, 2.24) is 0 Å². The Morgan fingerprint density at radius 2 is 1.00 bits per heavy atom. The topological polar surface area (TPSA) is 24.7 Å². The van der Waals surface area contributed by atoms with Gasteiger partial charge in [-0.3, -0.25) is 0 Å². The van der Waals surface area contributed by atoms with Gasteiger partial charge in [-0.2, -0.15) is 0 Å². The van der Waals surface area contributed by atoms with Crippen LogP contribution in [0, 0.1) is 18.0 Å². The second-order valence-corrected chi connectivity index (χ2v) is 11.6. The van der Waals surface area contributed by atoms with Crippen molar-refractivity contribution in [3.8, 4) is 0 Å². The predicted molar refractivity (Wildman–Crippen MR) is 166 cm³/mol. The van der Waals surface area contributed by atoms with E-state index in [4.69, 9.17) is 0 Å². The number of hydrogen-bond acceptors (Lipinski definition) is 2. The van der Waals surface area contributed by atoms with Crippen LogP contribution in [0.25, 0.3) is 0 Å². The lowest BCUT2D eigenvalue weighted by Gasteiger charge is -2.26. The average molecular weight is 508 g/mol. The Morgan fingerprint density at radius 3 is 1.49 bits per heavy atom. The van der Waals surface area contributed by atoms with Gasteiger partial charge in [-0.25, -0.2) is 0 Å². The minimum atomic E-state index is 0.498. The summed E-state index contributed by atoms with van der Waals surface area (Å²) in [6.07, 6.45) is 35.4. The molecule has 2 unspecified atom stereocenters. The van der Waals surface area contributed by atoms with E-state index in [1.807, 2.05) is 12.4 Å². The first-order chi connectivity index (χ1) is 18.3. The van der Waals surface area contributed by atoms with E-state index < -0.39 is 0 Å². The molecule has 0 aromatic heterocycles. The van der Waals surface area contributed by atoms with Crippen molar-refractivity contribution in [2.24, 2.45) is 21.8 Å². The van der Waals surface area contributed by atoms with Crippen LogP contribution in [-0.2, 0) is 6.42 Å². The molecule has 0 spiro atoms. The first-order valence-corrected chi connectivity index (χ1v) is 16.3. The highest BCUT2D eigenvalue weighted by molar-refractivity contribution is 6.18. The second-order valence-electron chi connectivity index (χ2n) is 11.6. The third kappa shape index (κ3) is 15.4. The zero-order valence-electron chi connectivity index (χ0n) is 24.6. The lowest BCUT2D eigenvalue weighted by atomic mass is 9.78. The minimum Gasteiger partial charge on any atom is -0.0965 e. The van der Waals surface area contributed by atoms with Crippen LogP contribution in [0.15, 0.2) is 40.3 Å². The van der Waals surface area contributed by atoms with Crippen LogP contribution in [0.5, 0.6) is 0 Å². The molecule has 0 N–H and O–H groups in total. The van der Waals surface area contributed by atoms with Crippen molar-refractivity contribution in [2.45, 2.75) is 155 Å². The number of nitrogens with zero attached hydrogens (tertiary/aromatic N) is 2. The Bertz CT molecular complexity index is 668. The Balaban J connectivity index is 1.55. The molecule has 2 nitrogen and oxygen atoms in total. The van der Waals surface area contributed by atoms with Crippen molar-refractivity contribution in [3.63, 3.8) is 0 Å². The van der Waals surface area contributed by atoms with Gasteiger partial charge in [0.15, 0.2) is 12.4 Å². The molecular formula is C35H59N2+. The van der Waals surface area contributed by atoms with Crippen molar-refractivity contribution in [3.05, 3.63) is 42.1 Å². The third-order valence-electron chi connectivity index (χ3n) is 8.27. The highest BCUT2D eigenvalue weighted by atomic mass is 15.0. The monoisotopic (exact) mass is 507 g/mol. The normalized spacial score (nSPS) is 14.5. The molecule has 0 amide bonds. The fourth-order valence-corrected chi connectivity index (χ4v) is 5.94. The van der Waals surface area contributed by atoms with Crippen LogP contribution in [-0.4, -0.2) is 12.4 Å². The molecule has 0 radical (unpaired) electrons. The maximum atomic E-state index is 4.67. The number of hydrogen-bond donors (Lipinski definition) is 0. The molecule has 0 bridgehead atoms. The van der Waals surface area contributed by atoms with E-state index in [1.165, 1.54) is 140 Å². The van der Waals surface area contributed by atoms with E-state index in [0.29, 0.717) is 11.8 Å². The molecule has 0 aliphatic carbocycles. The summed E-state index contributed by atoms with van der Waals surface area (Å²) in [5.41, 5.74) is 1.46. The molecule has 37 heavy (non-hydrogen) atoms. The zero-order chi connectivity index (χ0) is 26.2. The Labute approximate surface area is 231 Å². The summed E-state index contributed by atoms with van der Waals surface area (Å²) in [5, 5.41) is 0. The summed E-state index contributed by atoms with van der Waals surface area (Å²) in [4.78, 5) is 9.34. The molecule has 1 aliphatic heterocycles. The largest absolute Gasteiger partial charge is 0.244 e. The van der Waals surface area contributed by atoms with Crippen LogP contribution in [0.4, 0.5) is 0 Å². The van der Waals surface area contributed by atoms with E-state index in [9.17, 15) is 0 Å². The quantitative estimate of drug-likeness (QED) is 0.0928. The van der Waals surface area contributed by atoms with Crippen molar-refractivity contribution in [2.75, 3.05) is 0 Å². The van der Waals surface area contributed by atoms with Crippen molar-refractivity contribution >= 4 is 12.4 Å². The molecule has 2 rings (SSSR count). The molecule has 208 valence electrons. The molecular weight excluding hydrogens is 448 g/mol. The molecule has 2 atom stereocenters. The van der Waals surface area contributed by atoms with Crippen LogP contribution < -0.4 is 0 Å². The fourth-order valence-electron chi connectivity index (χ4n) is 5.94. The Kier molecular flexibility index (Phi) is 19.2. The lowest BCUT2D eigenvalue weighted by Crippen LogP contribution is -2.22. The first-order valence-electron chi connectivity index (χ1n) is 16.3. The summed E-state index contributed by atoms with van der Waals surface area (Å²) in [7, 11) is 0. The van der Waals surface area contributed by atoms with Gasteiger partial charge in [-0.1, -0.05) is 176 Å². The summed E-state index contributed by atoms with van der Waals surface area (Å²) >= 11 is 0. The van der Waals surface area contributed by atoms with Gasteiger partial charge in [-0.15, -0.1) is 0 Å². The molecule has 0 saturated carbocycles. The van der Waals surface area contributed by atoms with Gasteiger partial charge < -0.3 is 0 Å². The van der Waals surface area contributed by atoms with Crippen LogP contribution in [0.3, 0.4) is 0 Å². The minimum absolute atomic E-state index is 0.498. The van der Waals surface area contributed by atoms with Gasteiger partial charge in [0, 0.05) is 0 Å². The van der Waals surface area contributed by atoms with E-state index in [0.717, 1.165) is 12.6 Å². The van der Waals surface area contributed by atoms with Crippen LogP contribution in [0.2, 0.25) is 0 Å². The highest BCUT2D eigenvalue weighted by Crippen LogP contribution is 2.36. The fraction of sp³-hybridized carbons (Fsp3) is 0.743. The summed E-state index contributed by atoms with van der Waals surface area (Å²) in [6, 6.07) is 11.1. The van der Waals surface area contributed by atoms with Gasteiger partial charge in [-0.05, 0) is 30.7 Å². The van der Waals surface area contributed by atoms with Crippen molar-refractivity contribution in [1.29, 1.82) is 0 Å². The van der Waals surface area contributed by atoms with Gasteiger partial charge in [0.2, 0.25) is 6.17 Å². The first kappa shape index (κ1) is 31.6. The third-order valence-corrected chi connectivity index (χ3v) is 8.27. The zero-order valence-corrected chi connectivity index (χ0v) is 24.6. The molecule has 1 aromatic carbocycles. The smallest absolute Gasteiger partial charge is 0.0965 e. The number of unbranched alkanes of at least 4 members (excludes halogenated alkanes) is 17. The maximum absolute atomic E-state index is 4.67. The number of benzene rings is 1. The van der Waals surface area contributed by atoms with Gasteiger partial charge in [0.25, 0.3) is 0 Å². The highest BCUT2D eigenvalue weighted by Gasteiger charge is 2.35. The van der Waals surface area contributed by atoms with E-state index in [-0.39, 0.29) is 0 Å². The molecule has 1 aromatic rings. The predicted octanol–water partition coefficient (Wildman–Crippen LogP) is 11.3. The Morgan fingerprint density at radius 1 is 0.541 bits per heavy atom. The summed E-state index contributed by atoms with van der Waals surface area (Å²) in [6.45, 7) is 4.61. The molecule has 0 saturated heterocycles. The average Bonchev–Trinajstić information content (AvgIpc) is 3.46. The van der Waals surface area contributed by atoms with Gasteiger partial charge in [0.1, 0.15) is 0 Å². The van der Waals surface area contributed by atoms with Gasteiger partial charge in [0.05, 0.1) is 5.92 Å². The van der Waals surface area contributed by atoms with Crippen LogP contribution >= 0.6 is 0 Å². The molecule has 2 heteroatoms. The SMILES string of the molecule is CCCCCCCCCCCCCCCCCCCC([C+]1N=CC=N1)C(CCCC)Cc1ccccc1. The molecule has 1 aliphatic rings. The number of rotatable bonds is 25. The van der Waals surface area contributed by atoms with E-state index in [2.05, 4.69) is 54.2 Å². The van der Waals surface area contributed by atoms with E-state index in [1.54, 1.807) is 0 Å². The molecule has 1 heterocycles. The second kappa shape index (κ2) is 22.4. The Hall–Kier alpha value is -1.57. The summed E-state index contributed by atoms with van der Waals surface area (Å²) < 4.78 is 0. The van der Waals surface area contributed by atoms with Crippen molar-refractivity contribution < 1.29 is 0 Å². The molecule has 0 fully saturated rings. The van der Waals surface area contributed by atoms with E-state index >= 15 is 0 Å². The number of aliphatic imine (C=N–C) groups is 2. The standard InChI is InChI=1S/C35H59N2/c1-3-5-7-8-9-10-11-12-13-14-15-16-17-18-19-20-24-28-34(35-36-29-30-37-35)33(27-6-4-2)31-32-25-22-21-23-26-32/h21-23,25-26,29-30,33-34H,3-20,24,27-28,31H2,1-2H3/q+1. The maximum Gasteiger partial charge on any atom is 0.244 e. The van der Waals surface area contributed by atoms with Gasteiger partial charge >= 0.3 is 0 Å².